The number of aromatic nitrogens is 2. The number of benzene rings is 2. The van der Waals surface area contributed by atoms with Crippen LogP contribution in [0.4, 0.5) is 0 Å². The number of rotatable bonds is 9. The van der Waals surface area contributed by atoms with Crippen LogP contribution in [-0.2, 0) is 11.3 Å². The summed E-state index contributed by atoms with van der Waals surface area (Å²) in [6.45, 7) is 1.54. The van der Waals surface area contributed by atoms with Gasteiger partial charge in [0.2, 0.25) is 0 Å². The van der Waals surface area contributed by atoms with E-state index in [2.05, 4.69) is 4.98 Å². The number of hydrogen-bond acceptors (Lipinski definition) is 5. The summed E-state index contributed by atoms with van der Waals surface area (Å²) < 4.78 is 13.7. The van der Waals surface area contributed by atoms with E-state index in [1.807, 2.05) is 16.8 Å². The van der Waals surface area contributed by atoms with E-state index in [9.17, 15) is 0 Å². The number of ether oxygens (including phenoxy) is 2. The lowest BCUT2D eigenvalue weighted by Gasteiger charge is -2.20. The van der Waals surface area contributed by atoms with Crippen molar-refractivity contribution in [3.8, 4) is 5.75 Å². The molecule has 2 aromatic carbocycles. The predicted octanol–water partition coefficient (Wildman–Crippen LogP) is 6.38. The van der Waals surface area contributed by atoms with Crippen molar-refractivity contribution in [2.45, 2.75) is 19.1 Å². The van der Waals surface area contributed by atoms with Crippen LogP contribution < -0.4 is 4.74 Å². The van der Waals surface area contributed by atoms with Crippen molar-refractivity contribution in [2.75, 3.05) is 13.2 Å². The summed E-state index contributed by atoms with van der Waals surface area (Å²) in [5.74, 6) is 0.599. The first kappa shape index (κ1) is 26.0. The minimum Gasteiger partial charge on any atom is -0.492 e. The summed E-state index contributed by atoms with van der Waals surface area (Å²) in [5, 5.41) is 15.9. The second-order valence-corrected chi connectivity index (χ2v) is 7.99. The van der Waals surface area contributed by atoms with E-state index in [0.29, 0.717) is 52.0 Å². The summed E-state index contributed by atoms with van der Waals surface area (Å²) in [7, 11) is 0. The topological polar surface area (TPSA) is 99.7 Å². The Kier molecular flexibility index (Phi) is 10.9. The highest BCUT2D eigenvalue weighted by atomic mass is 35.5. The van der Waals surface area contributed by atoms with Crippen molar-refractivity contribution in [3.63, 3.8) is 0 Å². The van der Waals surface area contributed by atoms with Crippen molar-refractivity contribution in [1.29, 1.82) is 0 Å². The van der Waals surface area contributed by atoms with Crippen LogP contribution in [0.25, 0.3) is 0 Å². The molecule has 3 rings (SSSR count). The van der Waals surface area contributed by atoms with Crippen molar-refractivity contribution < 1.29 is 19.8 Å². The van der Waals surface area contributed by atoms with Gasteiger partial charge in [0.05, 0.1) is 31.1 Å². The average molecular weight is 523 g/mol. The van der Waals surface area contributed by atoms with Gasteiger partial charge in [0.15, 0.2) is 0 Å². The van der Waals surface area contributed by atoms with E-state index in [4.69, 9.17) is 71.2 Å². The zero-order chi connectivity index (χ0) is 23.5. The Labute approximate surface area is 204 Å². The smallest absolute Gasteiger partial charge is 0.291 e. The maximum absolute atomic E-state index is 8.36. The Balaban J connectivity index is 0.000000837. The molecule has 0 saturated carbocycles. The molecule has 0 amide bonds. The molecule has 1 aromatic heterocycles. The molecule has 1 heterocycles. The van der Waals surface area contributed by atoms with E-state index in [1.165, 1.54) is 0 Å². The van der Waals surface area contributed by atoms with Gasteiger partial charge in [-0.05, 0) is 30.3 Å². The molecular formula is C20H19Cl4N3O5. The Morgan fingerprint density at radius 3 is 2.31 bits per heavy atom. The van der Waals surface area contributed by atoms with Gasteiger partial charge in [-0.2, -0.15) is 0 Å². The van der Waals surface area contributed by atoms with Gasteiger partial charge in [-0.3, -0.25) is 0 Å². The lowest BCUT2D eigenvalue weighted by Crippen LogP contribution is -2.14. The van der Waals surface area contributed by atoms with Crippen molar-refractivity contribution >= 4 is 46.4 Å². The van der Waals surface area contributed by atoms with Gasteiger partial charge >= 0.3 is 0 Å². The molecule has 0 spiro atoms. The minimum atomic E-state index is -1.50. The number of halogens is 4. The number of imidazole rings is 1. The third kappa shape index (κ3) is 9.10. The Hall–Kier alpha value is -2.23. The van der Waals surface area contributed by atoms with Crippen LogP contribution in [-0.4, -0.2) is 33.1 Å². The van der Waals surface area contributed by atoms with Crippen molar-refractivity contribution in [1.82, 2.24) is 9.55 Å². The molecule has 172 valence electrons. The third-order valence-corrected chi connectivity index (χ3v) is 5.10. The van der Waals surface area contributed by atoms with E-state index < -0.39 is 5.09 Å². The minimum absolute atomic E-state index is 0.238. The van der Waals surface area contributed by atoms with Gasteiger partial charge in [0, 0.05) is 39.4 Å². The van der Waals surface area contributed by atoms with Gasteiger partial charge in [-0.25, -0.2) is 4.98 Å². The molecule has 1 unspecified atom stereocenters. The van der Waals surface area contributed by atoms with Crippen LogP contribution in [0.15, 0.2) is 55.1 Å². The molecule has 8 nitrogen and oxygen atoms in total. The highest BCUT2D eigenvalue weighted by Gasteiger charge is 2.16. The fraction of sp³-hybridized carbons (Fsp3) is 0.250. The van der Waals surface area contributed by atoms with Crippen molar-refractivity contribution in [2.24, 2.45) is 0 Å². The lowest BCUT2D eigenvalue weighted by molar-refractivity contribution is -0.742. The molecule has 32 heavy (non-hydrogen) atoms. The molecule has 0 aliphatic heterocycles. The summed E-state index contributed by atoms with van der Waals surface area (Å²) in [6.07, 6.45) is 5.80. The van der Waals surface area contributed by atoms with Gasteiger partial charge < -0.3 is 19.2 Å². The van der Waals surface area contributed by atoms with Crippen LogP contribution in [0.5, 0.6) is 5.75 Å². The van der Waals surface area contributed by atoms with E-state index in [-0.39, 0.29) is 6.10 Å². The standard InChI is InChI=1S/C20H18Cl4N2O2.HNO3/c21-14-2-4-16(17(23)10-14)20(12-26-7-6-25-13-26)28-9-1-8-27-19-5-3-15(22)11-18(19)24;2-1(3)4/h2-7,10-11,13,20H,1,8-9,12H2;(H,2,3,4). The van der Waals surface area contributed by atoms with E-state index in [1.54, 1.807) is 42.9 Å². The quantitative estimate of drug-likeness (QED) is 0.199. The lowest BCUT2D eigenvalue weighted by atomic mass is 10.1. The molecule has 3 aromatic rings. The zero-order valence-corrected chi connectivity index (χ0v) is 19.6. The largest absolute Gasteiger partial charge is 0.492 e. The van der Waals surface area contributed by atoms with Gasteiger partial charge in [-0.1, -0.05) is 52.5 Å². The summed E-state index contributed by atoms with van der Waals surface area (Å²) in [5.41, 5.74) is 0.876. The van der Waals surface area contributed by atoms with E-state index in [0.717, 1.165) is 5.56 Å². The van der Waals surface area contributed by atoms with Crippen LogP contribution in [0.2, 0.25) is 20.1 Å². The first-order valence-electron chi connectivity index (χ1n) is 9.19. The molecule has 1 N–H and O–H groups in total. The maximum atomic E-state index is 8.36. The number of hydrogen-bond donors (Lipinski definition) is 1. The molecule has 0 fully saturated rings. The second kappa shape index (κ2) is 13.3. The van der Waals surface area contributed by atoms with Crippen LogP contribution >= 0.6 is 46.4 Å². The third-order valence-electron chi connectivity index (χ3n) is 4.00. The molecule has 12 heteroatoms. The predicted molar refractivity (Wildman–Crippen MR) is 123 cm³/mol. The molecule has 0 bridgehead atoms. The summed E-state index contributed by atoms with van der Waals surface area (Å²) in [4.78, 5) is 12.4. The first-order valence-corrected chi connectivity index (χ1v) is 10.7. The Morgan fingerprint density at radius 2 is 1.72 bits per heavy atom. The van der Waals surface area contributed by atoms with E-state index >= 15 is 0 Å². The van der Waals surface area contributed by atoms with Crippen LogP contribution in [0.3, 0.4) is 0 Å². The normalized spacial score (nSPS) is 11.4. The first-order chi connectivity index (χ1) is 15.3. The molecule has 0 aliphatic carbocycles. The van der Waals surface area contributed by atoms with Gasteiger partial charge in [0.1, 0.15) is 11.9 Å². The average Bonchev–Trinajstić information content (AvgIpc) is 3.21. The molecule has 0 aliphatic rings. The number of nitrogens with zero attached hydrogens (tertiary/aromatic N) is 3. The maximum Gasteiger partial charge on any atom is 0.291 e. The zero-order valence-electron chi connectivity index (χ0n) is 16.5. The highest BCUT2D eigenvalue weighted by molar-refractivity contribution is 6.35. The fourth-order valence-electron chi connectivity index (χ4n) is 2.65. The molecule has 1 atom stereocenters. The van der Waals surface area contributed by atoms with Crippen molar-refractivity contribution in [3.05, 3.63) is 90.9 Å². The van der Waals surface area contributed by atoms with Gasteiger partial charge in [0.25, 0.3) is 5.09 Å². The molecular weight excluding hydrogens is 504 g/mol. The van der Waals surface area contributed by atoms with Gasteiger partial charge in [-0.15, -0.1) is 10.1 Å². The monoisotopic (exact) mass is 521 g/mol. The molecule has 0 saturated heterocycles. The van der Waals surface area contributed by atoms with Crippen LogP contribution in [0.1, 0.15) is 18.1 Å². The summed E-state index contributed by atoms with van der Waals surface area (Å²) >= 11 is 24.4. The molecule has 0 radical (unpaired) electrons. The van der Waals surface area contributed by atoms with Crippen LogP contribution in [0, 0.1) is 10.1 Å². The summed E-state index contributed by atoms with van der Waals surface area (Å²) in [6, 6.07) is 10.5. The fourth-order valence-corrected chi connectivity index (χ4v) is 3.64. The second-order valence-electron chi connectivity index (χ2n) is 6.30. The SMILES string of the molecule is Clc1ccc(OCCCOC(Cn2ccnc2)c2ccc(Cl)cc2Cl)c(Cl)c1.O=[N+]([O-])O. The highest BCUT2D eigenvalue weighted by Crippen LogP contribution is 2.30. The Morgan fingerprint density at radius 1 is 1.06 bits per heavy atom. The Bertz CT molecular complexity index is 1000.